The van der Waals surface area contributed by atoms with Crippen molar-refractivity contribution in [1.82, 2.24) is 20.6 Å². The Labute approximate surface area is 159 Å². The Hall–Kier alpha value is -1.69. The summed E-state index contributed by atoms with van der Waals surface area (Å²) in [7, 11) is 0. The van der Waals surface area contributed by atoms with Crippen LogP contribution in [-0.2, 0) is 5.41 Å². The lowest BCUT2D eigenvalue weighted by Crippen LogP contribution is -2.50. The van der Waals surface area contributed by atoms with Crippen LogP contribution in [0, 0.1) is 17.8 Å². The molecule has 146 valence electrons. The first-order chi connectivity index (χ1) is 13.1. The summed E-state index contributed by atoms with van der Waals surface area (Å²) < 4.78 is 0. The third-order valence-electron chi connectivity index (χ3n) is 7.53. The molecule has 1 aromatic rings. The van der Waals surface area contributed by atoms with Crippen LogP contribution in [0.3, 0.4) is 0 Å². The van der Waals surface area contributed by atoms with Crippen LogP contribution in [0.4, 0.5) is 0 Å². The van der Waals surface area contributed by atoms with Gasteiger partial charge in [0.15, 0.2) is 0 Å². The zero-order valence-electron chi connectivity index (χ0n) is 15.9. The number of hydrogen-bond donors (Lipinski definition) is 3. The molecule has 27 heavy (non-hydrogen) atoms. The molecule has 4 aliphatic carbocycles. The molecule has 5 aliphatic rings. The van der Waals surface area contributed by atoms with Gasteiger partial charge in [-0.25, -0.2) is 4.98 Å². The average Bonchev–Trinajstić information content (AvgIpc) is 3.14. The molecule has 0 unspecified atom stereocenters. The Bertz CT molecular complexity index is 745. The predicted octanol–water partition coefficient (Wildman–Crippen LogP) is 2.11. The van der Waals surface area contributed by atoms with Gasteiger partial charge in [-0.15, -0.1) is 0 Å². The van der Waals surface area contributed by atoms with E-state index in [4.69, 9.17) is 0 Å². The van der Waals surface area contributed by atoms with Gasteiger partial charge in [-0.2, -0.15) is 0 Å². The molecule has 6 rings (SSSR count). The fourth-order valence-corrected chi connectivity index (χ4v) is 6.69. The summed E-state index contributed by atoms with van der Waals surface area (Å²) in [6, 6.07) is 0.486. The third-order valence-corrected chi connectivity index (χ3v) is 7.53. The van der Waals surface area contributed by atoms with E-state index in [0.29, 0.717) is 12.6 Å². The molecule has 1 saturated heterocycles. The minimum atomic E-state index is -0.307. The number of nitrogens with one attached hydrogen (secondary N) is 3. The van der Waals surface area contributed by atoms with E-state index < -0.39 is 0 Å². The zero-order chi connectivity index (χ0) is 18.4. The minimum absolute atomic E-state index is 0.0526. The second-order valence-corrected chi connectivity index (χ2v) is 9.51. The normalized spacial score (nSPS) is 36.9. The Morgan fingerprint density at radius 1 is 1.19 bits per heavy atom. The number of H-pyrrole nitrogens is 1. The second kappa shape index (κ2) is 6.73. The number of aromatic nitrogens is 2. The molecule has 1 atom stereocenters. The summed E-state index contributed by atoms with van der Waals surface area (Å²) in [6.45, 7) is 1.65. The van der Waals surface area contributed by atoms with Crippen molar-refractivity contribution in [2.75, 3.05) is 13.1 Å². The van der Waals surface area contributed by atoms with Crippen LogP contribution >= 0.6 is 0 Å². The number of amides is 1. The monoisotopic (exact) mass is 370 g/mol. The van der Waals surface area contributed by atoms with Gasteiger partial charge >= 0.3 is 0 Å². The van der Waals surface area contributed by atoms with Gasteiger partial charge < -0.3 is 15.6 Å². The molecule has 6 heteroatoms. The first kappa shape index (κ1) is 17.4. The van der Waals surface area contributed by atoms with E-state index in [1.165, 1.54) is 31.9 Å². The second-order valence-electron chi connectivity index (χ2n) is 9.51. The van der Waals surface area contributed by atoms with E-state index in [0.717, 1.165) is 62.2 Å². The van der Waals surface area contributed by atoms with Crippen LogP contribution < -0.4 is 16.2 Å². The molecule has 2 heterocycles. The lowest BCUT2D eigenvalue weighted by molar-refractivity contribution is -0.00953. The van der Waals surface area contributed by atoms with Crippen LogP contribution in [0.1, 0.15) is 74.0 Å². The van der Waals surface area contributed by atoms with Gasteiger partial charge in [0.1, 0.15) is 11.4 Å². The van der Waals surface area contributed by atoms with Gasteiger partial charge in [0.2, 0.25) is 0 Å². The van der Waals surface area contributed by atoms with Gasteiger partial charge in [-0.05, 0) is 82.1 Å². The Morgan fingerprint density at radius 3 is 2.48 bits per heavy atom. The SMILES string of the molecule is O=C(NCC[C@@H]1CCCN1)c1cnc(C23CC4CC(CC(C4)C2)C3)[nH]c1=O. The van der Waals surface area contributed by atoms with Gasteiger partial charge in [0.05, 0.1) is 0 Å². The van der Waals surface area contributed by atoms with Gasteiger partial charge in [0, 0.05) is 24.2 Å². The van der Waals surface area contributed by atoms with Crippen LogP contribution in [0.2, 0.25) is 0 Å². The molecule has 1 aliphatic heterocycles. The van der Waals surface area contributed by atoms with E-state index in [2.05, 4.69) is 20.6 Å². The summed E-state index contributed by atoms with van der Waals surface area (Å²) in [6.07, 6.45) is 12.3. The molecule has 3 N–H and O–H groups in total. The summed E-state index contributed by atoms with van der Waals surface area (Å²) in [5, 5.41) is 6.30. The quantitative estimate of drug-likeness (QED) is 0.741. The molecule has 0 radical (unpaired) electrons. The Kier molecular flexibility index (Phi) is 4.34. The molecule has 0 spiro atoms. The maximum Gasteiger partial charge on any atom is 0.263 e. The highest BCUT2D eigenvalue weighted by Crippen LogP contribution is 2.59. The first-order valence-electron chi connectivity index (χ1n) is 10.7. The van der Waals surface area contributed by atoms with Crippen molar-refractivity contribution >= 4 is 5.91 Å². The minimum Gasteiger partial charge on any atom is -0.352 e. The molecule has 0 aromatic carbocycles. The Balaban J connectivity index is 1.28. The molecule has 6 nitrogen and oxygen atoms in total. The van der Waals surface area contributed by atoms with Gasteiger partial charge in [-0.1, -0.05) is 0 Å². The smallest absolute Gasteiger partial charge is 0.263 e. The highest BCUT2D eigenvalue weighted by Gasteiger charge is 2.52. The number of aromatic amines is 1. The summed E-state index contributed by atoms with van der Waals surface area (Å²) in [4.78, 5) is 32.6. The van der Waals surface area contributed by atoms with Crippen molar-refractivity contribution in [1.29, 1.82) is 0 Å². The van der Waals surface area contributed by atoms with Crippen molar-refractivity contribution in [3.63, 3.8) is 0 Å². The van der Waals surface area contributed by atoms with Crippen molar-refractivity contribution in [3.8, 4) is 0 Å². The van der Waals surface area contributed by atoms with Crippen molar-refractivity contribution < 1.29 is 4.79 Å². The molecule has 5 fully saturated rings. The maximum absolute atomic E-state index is 12.6. The first-order valence-corrected chi connectivity index (χ1v) is 10.7. The fraction of sp³-hybridized carbons (Fsp3) is 0.762. The largest absolute Gasteiger partial charge is 0.352 e. The van der Waals surface area contributed by atoms with Gasteiger partial charge in [-0.3, -0.25) is 9.59 Å². The van der Waals surface area contributed by atoms with E-state index >= 15 is 0 Å². The molecule has 1 amide bonds. The van der Waals surface area contributed by atoms with Crippen LogP contribution in [0.25, 0.3) is 0 Å². The summed E-state index contributed by atoms with van der Waals surface area (Å²) in [5.41, 5.74) is -0.0908. The zero-order valence-corrected chi connectivity index (χ0v) is 15.9. The number of carbonyl (C=O) groups is 1. The van der Waals surface area contributed by atoms with E-state index in [1.807, 2.05) is 0 Å². The molecule has 4 saturated carbocycles. The number of hydrogen-bond acceptors (Lipinski definition) is 4. The van der Waals surface area contributed by atoms with Crippen molar-refractivity contribution in [2.24, 2.45) is 17.8 Å². The number of carbonyl (C=O) groups excluding carboxylic acids is 1. The summed E-state index contributed by atoms with van der Waals surface area (Å²) >= 11 is 0. The fourth-order valence-electron chi connectivity index (χ4n) is 6.69. The highest BCUT2D eigenvalue weighted by atomic mass is 16.2. The van der Waals surface area contributed by atoms with E-state index in [9.17, 15) is 9.59 Å². The molecule has 1 aromatic heterocycles. The number of rotatable bonds is 5. The number of nitrogens with zero attached hydrogens (tertiary/aromatic N) is 1. The standard InChI is InChI=1S/C21H30N4O2/c26-18(23-5-3-16-2-1-4-22-16)17-12-24-20(25-19(17)27)21-9-13-6-14(10-21)8-15(7-13)11-21/h12-16,22H,1-11H2,(H,23,26)(H,24,25,27)/t13?,14?,15?,16-,21?/m0/s1. The lowest BCUT2D eigenvalue weighted by Gasteiger charge is -2.56. The third kappa shape index (κ3) is 3.22. The van der Waals surface area contributed by atoms with E-state index in [1.54, 1.807) is 0 Å². The van der Waals surface area contributed by atoms with E-state index in [-0.39, 0.29) is 22.4 Å². The average molecular weight is 370 g/mol. The lowest BCUT2D eigenvalue weighted by atomic mass is 9.49. The van der Waals surface area contributed by atoms with Gasteiger partial charge in [0.25, 0.3) is 11.5 Å². The summed E-state index contributed by atoms with van der Waals surface area (Å²) in [5.74, 6) is 2.92. The molecular formula is C21H30N4O2. The van der Waals surface area contributed by atoms with Crippen LogP contribution in [-0.4, -0.2) is 35.0 Å². The highest BCUT2D eigenvalue weighted by molar-refractivity contribution is 5.93. The maximum atomic E-state index is 12.6. The van der Waals surface area contributed by atoms with Crippen LogP contribution in [0.15, 0.2) is 11.0 Å². The molecular weight excluding hydrogens is 340 g/mol. The predicted molar refractivity (Wildman–Crippen MR) is 103 cm³/mol. The van der Waals surface area contributed by atoms with Crippen molar-refractivity contribution in [2.45, 2.75) is 69.2 Å². The van der Waals surface area contributed by atoms with Crippen LogP contribution in [0.5, 0.6) is 0 Å². The topological polar surface area (TPSA) is 86.9 Å². The Morgan fingerprint density at radius 2 is 1.89 bits per heavy atom. The molecule has 4 bridgehead atoms. The van der Waals surface area contributed by atoms with Crippen molar-refractivity contribution in [3.05, 3.63) is 27.9 Å².